The Morgan fingerprint density at radius 1 is 0.873 bits per heavy atom. The number of nitrogens with zero attached hydrogens (tertiary/aromatic N) is 4. The van der Waals surface area contributed by atoms with Crippen LogP contribution in [0.15, 0.2) is 72.1 Å². The monoisotopic (exact) mass is 869 g/mol. The standard InChI is InChI=1S/C22H36N2O.C16H19NO.C8H13NO.C6H12.2C2H6/c1-5-8-19(9-6-2)17-23-12-14-24(15-13-23)21-10-11-22(18(4)25)20(7-3)16-21;1-11-5-8-16(17-10-11)15-4-2-3-12-9-13(18)6-7-14(12)15;1-6-4-5-7(2)9(3)8(6)10;1-2-4-6-5-3-1;2*1-2/h10-11,16,19H,5-9,12-15,17H2,1-4H3;5,7-10,13,15,18H,2-4,6H2,1H3;6H,2,4-5H2,1,3H3;1-6H2;2*1-2H3/t;13?,15-;;;;/m.1..../s1. The number of carbonyl (C=O) groups excluding carboxylic acids is 2. The molecule has 63 heavy (non-hydrogen) atoms. The number of piperazine rings is 1. The highest BCUT2D eigenvalue weighted by Crippen LogP contribution is 2.42. The number of rotatable bonds is 10. The van der Waals surface area contributed by atoms with Crippen molar-refractivity contribution in [2.75, 3.05) is 44.7 Å². The Morgan fingerprint density at radius 3 is 2.02 bits per heavy atom. The van der Waals surface area contributed by atoms with Crippen LogP contribution in [0.25, 0.3) is 0 Å². The molecular formula is C56H92N4O3. The van der Waals surface area contributed by atoms with E-state index in [2.05, 4.69) is 79.4 Å². The van der Waals surface area contributed by atoms with E-state index < -0.39 is 0 Å². The van der Waals surface area contributed by atoms with E-state index in [1.807, 2.05) is 53.0 Å². The smallest absolute Gasteiger partial charge is 0.229 e. The number of pyridine rings is 1. The molecule has 1 N–H and O–H groups in total. The number of likely N-dealkylation sites (tertiary alicyclic amines) is 1. The van der Waals surface area contributed by atoms with Crippen LogP contribution in [0.4, 0.5) is 5.69 Å². The van der Waals surface area contributed by atoms with E-state index in [-0.39, 0.29) is 23.7 Å². The van der Waals surface area contributed by atoms with Gasteiger partial charge in [0.1, 0.15) is 0 Å². The number of hydrogen-bond acceptors (Lipinski definition) is 6. The maximum absolute atomic E-state index is 11.7. The highest BCUT2D eigenvalue weighted by atomic mass is 16.3. The van der Waals surface area contributed by atoms with Crippen molar-refractivity contribution in [1.82, 2.24) is 14.8 Å². The molecule has 3 atom stereocenters. The summed E-state index contributed by atoms with van der Waals surface area (Å²) >= 11 is 0. The fraction of sp³-hybridized carbons (Fsp3) is 0.661. The minimum atomic E-state index is -0.284. The molecule has 354 valence electrons. The lowest BCUT2D eigenvalue weighted by Gasteiger charge is -2.38. The molecule has 1 aromatic carbocycles. The number of Topliss-reactive ketones (excluding diaryl/α,β-unsaturated/α-hetero) is 1. The molecule has 3 heterocycles. The Labute approximate surface area is 386 Å². The number of hydrogen-bond donors (Lipinski definition) is 1. The number of aliphatic hydroxyl groups excluding tert-OH is 1. The number of aliphatic hydroxyl groups is 1. The second kappa shape index (κ2) is 31.3. The van der Waals surface area contributed by atoms with Crippen molar-refractivity contribution in [2.24, 2.45) is 11.8 Å². The highest BCUT2D eigenvalue weighted by molar-refractivity contribution is 5.96. The molecule has 7 nitrogen and oxygen atoms in total. The van der Waals surface area contributed by atoms with Gasteiger partial charge in [-0.25, -0.2) is 0 Å². The zero-order valence-electron chi connectivity index (χ0n) is 42.2. The summed E-state index contributed by atoms with van der Waals surface area (Å²) in [5.74, 6) is 1.86. The molecule has 2 saturated carbocycles. The minimum absolute atomic E-state index is 0.172. The summed E-state index contributed by atoms with van der Waals surface area (Å²) in [4.78, 5) is 34.3. The summed E-state index contributed by atoms with van der Waals surface area (Å²) in [7, 11) is 1.79. The van der Waals surface area contributed by atoms with Gasteiger partial charge in [-0.05, 0) is 124 Å². The molecule has 0 radical (unpaired) electrons. The Morgan fingerprint density at radius 2 is 1.49 bits per heavy atom. The molecule has 1 amide bonds. The Kier molecular flexibility index (Phi) is 27.7. The lowest BCUT2D eigenvalue weighted by Crippen LogP contribution is -2.47. The van der Waals surface area contributed by atoms with Crippen molar-refractivity contribution in [3.63, 3.8) is 0 Å². The first-order chi connectivity index (χ1) is 30.4. The third-order valence-electron chi connectivity index (χ3n) is 13.0. The summed E-state index contributed by atoms with van der Waals surface area (Å²) in [5, 5.41) is 9.70. The van der Waals surface area contributed by atoms with Crippen molar-refractivity contribution >= 4 is 17.4 Å². The number of benzene rings is 1. The van der Waals surface area contributed by atoms with Gasteiger partial charge < -0.3 is 14.9 Å². The third-order valence-corrected chi connectivity index (χ3v) is 13.0. The van der Waals surface area contributed by atoms with Crippen LogP contribution in [-0.2, 0) is 11.2 Å². The van der Waals surface area contributed by atoms with Crippen LogP contribution in [-0.4, -0.2) is 77.5 Å². The summed E-state index contributed by atoms with van der Waals surface area (Å²) in [5.41, 5.74) is 9.41. The number of aryl methyl sites for hydroxylation is 2. The van der Waals surface area contributed by atoms with Crippen LogP contribution >= 0.6 is 0 Å². The zero-order valence-corrected chi connectivity index (χ0v) is 42.2. The van der Waals surface area contributed by atoms with Gasteiger partial charge in [-0.3, -0.25) is 19.5 Å². The molecule has 2 saturated heterocycles. The number of aromatic nitrogens is 1. The molecule has 3 aliphatic carbocycles. The molecule has 2 unspecified atom stereocenters. The lowest BCUT2D eigenvalue weighted by molar-refractivity contribution is -0.133. The van der Waals surface area contributed by atoms with Gasteiger partial charge in [-0.15, -0.1) is 0 Å². The van der Waals surface area contributed by atoms with Gasteiger partial charge in [0.05, 0.1) is 6.10 Å². The van der Waals surface area contributed by atoms with Gasteiger partial charge in [0.15, 0.2) is 5.78 Å². The van der Waals surface area contributed by atoms with Gasteiger partial charge in [0.25, 0.3) is 0 Å². The van der Waals surface area contributed by atoms with Gasteiger partial charge in [0, 0.05) is 80.4 Å². The summed E-state index contributed by atoms with van der Waals surface area (Å²) < 4.78 is 0. The molecule has 7 heteroatoms. The summed E-state index contributed by atoms with van der Waals surface area (Å²) in [6.45, 7) is 30.0. The van der Waals surface area contributed by atoms with E-state index in [1.54, 1.807) is 18.9 Å². The number of carbonyl (C=O) groups is 2. The van der Waals surface area contributed by atoms with Crippen molar-refractivity contribution in [3.05, 3.63) is 94.5 Å². The minimum Gasteiger partial charge on any atom is -0.389 e. The molecule has 2 aliphatic heterocycles. The van der Waals surface area contributed by atoms with E-state index >= 15 is 0 Å². The van der Waals surface area contributed by atoms with Crippen LogP contribution in [0.3, 0.4) is 0 Å². The first-order valence-corrected chi connectivity index (χ1v) is 25.5. The first-order valence-electron chi connectivity index (χ1n) is 25.5. The molecule has 2 aromatic rings. The predicted molar refractivity (Wildman–Crippen MR) is 271 cm³/mol. The molecule has 4 fully saturated rings. The van der Waals surface area contributed by atoms with E-state index in [1.165, 1.54) is 117 Å². The number of anilines is 1. The zero-order chi connectivity index (χ0) is 46.7. The number of ketones is 1. The molecule has 0 bridgehead atoms. The van der Waals surface area contributed by atoms with Crippen LogP contribution in [0.2, 0.25) is 0 Å². The molecule has 1 aromatic heterocycles. The average Bonchev–Trinajstić information content (AvgIpc) is 3.32. The van der Waals surface area contributed by atoms with E-state index in [0.717, 1.165) is 75.5 Å². The van der Waals surface area contributed by atoms with E-state index in [0.29, 0.717) is 5.92 Å². The number of amides is 1. The normalized spacial score (nSPS) is 20.9. The topological polar surface area (TPSA) is 77.0 Å². The Balaban J connectivity index is 0.000000310. The van der Waals surface area contributed by atoms with Crippen LogP contribution in [0.5, 0.6) is 0 Å². The quantitative estimate of drug-likeness (QED) is 0.240. The van der Waals surface area contributed by atoms with Gasteiger partial charge >= 0.3 is 0 Å². The molecular weight excluding hydrogens is 777 g/mol. The van der Waals surface area contributed by atoms with Crippen LogP contribution in [0.1, 0.15) is 198 Å². The average molecular weight is 869 g/mol. The van der Waals surface area contributed by atoms with Crippen molar-refractivity contribution in [1.29, 1.82) is 0 Å². The summed E-state index contributed by atoms with van der Waals surface area (Å²) in [6, 6.07) is 10.7. The highest BCUT2D eigenvalue weighted by Gasteiger charge is 2.28. The fourth-order valence-electron chi connectivity index (χ4n) is 9.35. The number of allylic oxidation sites excluding steroid dienone is 3. The first kappa shape index (κ1) is 55.6. The van der Waals surface area contributed by atoms with Gasteiger partial charge in [-0.2, -0.15) is 0 Å². The van der Waals surface area contributed by atoms with Gasteiger partial charge in [0.2, 0.25) is 5.91 Å². The fourth-order valence-corrected chi connectivity index (χ4v) is 9.35. The maximum Gasteiger partial charge on any atom is 0.229 e. The maximum atomic E-state index is 11.7. The predicted octanol–water partition coefficient (Wildman–Crippen LogP) is 13.8. The number of piperidine rings is 1. The van der Waals surface area contributed by atoms with Crippen LogP contribution < -0.4 is 4.90 Å². The third kappa shape index (κ3) is 18.8. The SMILES string of the molecule is C1CCCCC1.C=C1CCC(C)C(=O)N1C.CC.CC.CCCC(CCC)CN1CCN(c2ccc(C(C)=O)c(CC)c2)CC1.Cc1ccc([C@@H]2CCCC3=CC(O)CC=C32)nc1. The number of fused-ring (bicyclic) bond motifs is 1. The lowest BCUT2D eigenvalue weighted by atomic mass is 9.75. The molecule has 7 rings (SSSR count). The second-order valence-electron chi connectivity index (χ2n) is 17.9. The van der Waals surface area contributed by atoms with Crippen molar-refractivity contribution in [2.45, 2.75) is 190 Å². The Bertz CT molecular complexity index is 1650. The Hall–Kier alpha value is -3.55. The van der Waals surface area contributed by atoms with E-state index in [4.69, 9.17) is 0 Å². The van der Waals surface area contributed by atoms with Crippen molar-refractivity contribution < 1.29 is 14.7 Å². The molecule has 5 aliphatic rings. The second-order valence-corrected chi connectivity index (χ2v) is 17.9. The summed E-state index contributed by atoms with van der Waals surface area (Å²) in [6.07, 6.45) is 27.3. The van der Waals surface area contributed by atoms with Crippen LogP contribution in [0, 0.1) is 18.8 Å². The largest absolute Gasteiger partial charge is 0.389 e. The van der Waals surface area contributed by atoms with E-state index in [9.17, 15) is 14.7 Å². The van der Waals surface area contributed by atoms with Gasteiger partial charge in [-0.1, -0.05) is 132 Å². The van der Waals surface area contributed by atoms with Crippen molar-refractivity contribution in [3.8, 4) is 0 Å². The molecule has 0 spiro atoms.